The van der Waals surface area contributed by atoms with Gasteiger partial charge in [-0.15, -0.1) is 0 Å². The van der Waals surface area contributed by atoms with Crippen LogP contribution in [-0.2, 0) is 14.8 Å². The van der Waals surface area contributed by atoms with Gasteiger partial charge in [0.1, 0.15) is 6.04 Å². The Hall–Kier alpha value is -0.680. The van der Waals surface area contributed by atoms with Gasteiger partial charge in [-0.05, 0) is 0 Å². The molecule has 1 aliphatic heterocycles. The molecule has 1 N–H and O–H groups in total. The highest BCUT2D eigenvalue weighted by Crippen LogP contribution is 2.09. The zero-order valence-corrected chi connectivity index (χ0v) is 9.46. The number of nitrogens with zero attached hydrogens (tertiary/aromatic N) is 2. The monoisotopic (exact) mass is 233 g/mol. The SMILES string of the molecule is COCCS(=O)(=O)N1CCNCC1C#N. The van der Waals surface area contributed by atoms with Gasteiger partial charge in [0.2, 0.25) is 10.0 Å². The molecule has 7 heteroatoms. The van der Waals surface area contributed by atoms with Gasteiger partial charge in [0, 0.05) is 26.7 Å². The van der Waals surface area contributed by atoms with Crippen molar-refractivity contribution in [2.75, 3.05) is 39.1 Å². The molecule has 1 saturated heterocycles. The molecule has 0 spiro atoms. The van der Waals surface area contributed by atoms with Crippen LogP contribution in [0.1, 0.15) is 0 Å². The molecule has 1 aliphatic rings. The van der Waals surface area contributed by atoms with E-state index in [1.54, 1.807) is 0 Å². The molecule has 15 heavy (non-hydrogen) atoms. The number of piperazine rings is 1. The zero-order valence-electron chi connectivity index (χ0n) is 8.64. The second kappa shape index (κ2) is 5.42. The summed E-state index contributed by atoms with van der Waals surface area (Å²) in [5.41, 5.74) is 0. The van der Waals surface area contributed by atoms with Crippen LogP contribution < -0.4 is 5.32 Å². The Morgan fingerprint density at radius 2 is 2.40 bits per heavy atom. The second-order valence-electron chi connectivity index (χ2n) is 3.27. The van der Waals surface area contributed by atoms with Crippen molar-refractivity contribution in [1.29, 1.82) is 5.26 Å². The summed E-state index contributed by atoms with van der Waals surface area (Å²) >= 11 is 0. The van der Waals surface area contributed by atoms with Crippen LogP contribution in [-0.4, -0.2) is 57.9 Å². The second-order valence-corrected chi connectivity index (χ2v) is 5.31. The molecule has 86 valence electrons. The summed E-state index contributed by atoms with van der Waals surface area (Å²) in [7, 11) is -1.91. The standard InChI is InChI=1S/C8H15N3O3S/c1-14-4-5-15(12,13)11-3-2-10-7-8(11)6-9/h8,10H,2-5,7H2,1H3. The van der Waals surface area contributed by atoms with Crippen molar-refractivity contribution in [2.24, 2.45) is 0 Å². The summed E-state index contributed by atoms with van der Waals surface area (Å²) in [6.07, 6.45) is 0. The molecule has 1 atom stereocenters. The number of nitrogens with one attached hydrogen (secondary N) is 1. The molecule has 1 heterocycles. The van der Waals surface area contributed by atoms with E-state index < -0.39 is 16.1 Å². The Kier molecular flexibility index (Phi) is 4.47. The molecule has 1 rings (SSSR count). The van der Waals surface area contributed by atoms with E-state index in [-0.39, 0.29) is 12.4 Å². The van der Waals surface area contributed by atoms with Crippen molar-refractivity contribution in [3.63, 3.8) is 0 Å². The summed E-state index contributed by atoms with van der Waals surface area (Å²) in [5.74, 6) is -0.0678. The fourth-order valence-electron chi connectivity index (χ4n) is 1.43. The third-order valence-corrected chi connectivity index (χ3v) is 4.08. The number of hydrogen-bond donors (Lipinski definition) is 1. The Balaban J connectivity index is 2.71. The van der Waals surface area contributed by atoms with Crippen molar-refractivity contribution in [3.05, 3.63) is 0 Å². The van der Waals surface area contributed by atoms with Crippen molar-refractivity contribution >= 4 is 10.0 Å². The molecule has 1 fully saturated rings. The Bertz CT molecular complexity index is 336. The summed E-state index contributed by atoms with van der Waals surface area (Å²) in [6.45, 7) is 1.49. The van der Waals surface area contributed by atoms with Crippen LogP contribution in [0.4, 0.5) is 0 Å². The molecule has 1 unspecified atom stereocenters. The van der Waals surface area contributed by atoms with Crippen LogP contribution in [0.2, 0.25) is 0 Å². The quantitative estimate of drug-likeness (QED) is 0.656. The van der Waals surface area contributed by atoms with Crippen LogP contribution in [0.25, 0.3) is 0 Å². The summed E-state index contributed by atoms with van der Waals surface area (Å²) in [6, 6.07) is 1.38. The van der Waals surface area contributed by atoms with E-state index in [0.29, 0.717) is 19.6 Å². The maximum absolute atomic E-state index is 11.8. The lowest BCUT2D eigenvalue weighted by atomic mass is 10.3. The fourth-order valence-corrected chi connectivity index (χ4v) is 2.93. The lowest BCUT2D eigenvalue weighted by Gasteiger charge is -2.30. The number of rotatable bonds is 4. The number of nitriles is 1. The lowest BCUT2D eigenvalue weighted by molar-refractivity contribution is 0.214. The summed E-state index contributed by atoms with van der Waals surface area (Å²) in [4.78, 5) is 0. The van der Waals surface area contributed by atoms with E-state index in [4.69, 9.17) is 10.00 Å². The molecular formula is C8H15N3O3S. The number of hydrogen-bond acceptors (Lipinski definition) is 5. The van der Waals surface area contributed by atoms with E-state index >= 15 is 0 Å². The van der Waals surface area contributed by atoms with Gasteiger partial charge in [-0.2, -0.15) is 9.57 Å². The molecule has 0 aliphatic carbocycles. The van der Waals surface area contributed by atoms with Crippen molar-refractivity contribution in [1.82, 2.24) is 9.62 Å². The Labute approximate surface area is 89.9 Å². The Morgan fingerprint density at radius 1 is 1.67 bits per heavy atom. The molecule has 6 nitrogen and oxygen atoms in total. The molecule has 0 amide bonds. The van der Waals surface area contributed by atoms with Crippen LogP contribution in [0.5, 0.6) is 0 Å². The molecule has 0 aromatic heterocycles. The molecule has 0 aromatic carbocycles. The Morgan fingerprint density at radius 3 is 3.00 bits per heavy atom. The normalized spacial score (nSPS) is 23.6. The van der Waals surface area contributed by atoms with Crippen LogP contribution in [0.3, 0.4) is 0 Å². The van der Waals surface area contributed by atoms with Gasteiger partial charge in [0.25, 0.3) is 0 Å². The van der Waals surface area contributed by atoms with E-state index in [1.165, 1.54) is 11.4 Å². The minimum absolute atomic E-state index is 0.0678. The first-order valence-electron chi connectivity index (χ1n) is 4.70. The van der Waals surface area contributed by atoms with E-state index in [0.717, 1.165) is 0 Å². The number of methoxy groups -OCH3 is 1. The number of ether oxygens (including phenoxy) is 1. The summed E-state index contributed by atoms with van der Waals surface area (Å²) in [5, 5.41) is 11.8. The first-order valence-corrected chi connectivity index (χ1v) is 6.31. The van der Waals surface area contributed by atoms with Crippen LogP contribution in [0.15, 0.2) is 0 Å². The van der Waals surface area contributed by atoms with E-state index in [9.17, 15) is 8.42 Å². The molecular weight excluding hydrogens is 218 g/mol. The fraction of sp³-hybridized carbons (Fsp3) is 0.875. The highest BCUT2D eigenvalue weighted by Gasteiger charge is 2.31. The topological polar surface area (TPSA) is 82.4 Å². The maximum atomic E-state index is 11.8. The maximum Gasteiger partial charge on any atom is 0.217 e. The predicted octanol–water partition coefficient (Wildman–Crippen LogP) is -1.24. The van der Waals surface area contributed by atoms with Gasteiger partial charge in [-0.25, -0.2) is 8.42 Å². The van der Waals surface area contributed by atoms with Crippen molar-refractivity contribution in [3.8, 4) is 6.07 Å². The van der Waals surface area contributed by atoms with Gasteiger partial charge >= 0.3 is 0 Å². The van der Waals surface area contributed by atoms with Crippen LogP contribution >= 0.6 is 0 Å². The first kappa shape index (κ1) is 12.4. The number of sulfonamides is 1. The largest absolute Gasteiger partial charge is 0.384 e. The van der Waals surface area contributed by atoms with Gasteiger partial charge < -0.3 is 10.1 Å². The van der Waals surface area contributed by atoms with Crippen molar-refractivity contribution in [2.45, 2.75) is 6.04 Å². The van der Waals surface area contributed by atoms with Gasteiger partial charge in [0.15, 0.2) is 0 Å². The smallest absolute Gasteiger partial charge is 0.217 e. The highest BCUT2D eigenvalue weighted by atomic mass is 32.2. The summed E-state index contributed by atoms with van der Waals surface area (Å²) < 4.78 is 29.5. The minimum atomic E-state index is -3.36. The highest BCUT2D eigenvalue weighted by molar-refractivity contribution is 7.89. The molecule has 0 aromatic rings. The zero-order chi connectivity index (χ0) is 11.3. The van der Waals surface area contributed by atoms with Gasteiger partial charge in [-0.3, -0.25) is 0 Å². The first-order chi connectivity index (χ1) is 7.11. The average molecular weight is 233 g/mol. The van der Waals surface area contributed by atoms with Gasteiger partial charge in [0.05, 0.1) is 18.4 Å². The predicted molar refractivity (Wildman–Crippen MR) is 54.6 cm³/mol. The van der Waals surface area contributed by atoms with E-state index in [2.05, 4.69) is 5.32 Å². The molecule has 0 radical (unpaired) electrons. The third-order valence-electron chi connectivity index (χ3n) is 2.25. The minimum Gasteiger partial charge on any atom is -0.384 e. The molecule has 0 saturated carbocycles. The van der Waals surface area contributed by atoms with E-state index in [1.807, 2.05) is 6.07 Å². The van der Waals surface area contributed by atoms with Gasteiger partial charge in [-0.1, -0.05) is 0 Å². The lowest BCUT2D eigenvalue weighted by Crippen LogP contribution is -2.53. The third kappa shape index (κ3) is 3.14. The van der Waals surface area contributed by atoms with Crippen LogP contribution in [0, 0.1) is 11.3 Å². The molecule has 0 bridgehead atoms. The van der Waals surface area contributed by atoms with Crippen molar-refractivity contribution < 1.29 is 13.2 Å². The average Bonchev–Trinajstić information content (AvgIpc) is 2.26.